The molecule has 0 saturated heterocycles. The van der Waals surface area contributed by atoms with E-state index >= 15 is 0 Å². The van der Waals surface area contributed by atoms with Crippen LogP contribution in [0.3, 0.4) is 0 Å². The molecule has 0 aliphatic carbocycles. The van der Waals surface area contributed by atoms with Crippen LogP contribution in [0.5, 0.6) is 0 Å². The standard InChI is InChI=1S/C8H16N4S/c1-2-4-7-11-8(13-12-7)10-6-3-5-9/h2-6,9H2,1H3,(H,10,11,12). The SMILES string of the molecule is CCCc1nsc(NCCCN)n1. The van der Waals surface area contributed by atoms with Crippen LogP contribution in [0.15, 0.2) is 0 Å². The van der Waals surface area contributed by atoms with Crippen molar-refractivity contribution in [2.45, 2.75) is 26.2 Å². The first kappa shape index (κ1) is 10.4. The summed E-state index contributed by atoms with van der Waals surface area (Å²) in [4.78, 5) is 4.33. The van der Waals surface area contributed by atoms with Crippen LogP contribution in [0.2, 0.25) is 0 Å². The van der Waals surface area contributed by atoms with Crippen LogP contribution in [0.1, 0.15) is 25.6 Å². The second-order valence-electron chi connectivity index (χ2n) is 2.83. The zero-order valence-corrected chi connectivity index (χ0v) is 8.73. The van der Waals surface area contributed by atoms with Gasteiger partial charge in [0.1, 0.15) is 5.82 Å². The van der Waals surface area contributed by atoms with Crippen molar-refractivity contribution < 1.29 is 0 Å². The van der Waals surface area contributed by atoms with E-state index in [-0.39, 0.29) is 0 Å². The Morgan fingerprint density at radius 3 is 3.08 bits per heavy atom. The smallest absolute Gasteiger partial charge is 0.202 e. The molecule has 5 heteroatoms. The van der Waals surface area contributed by atoms with Crippen molar-refractivity contribution in [1.29, 1.82) is 0 Å². The summed E-state index contributed by atoms with van der Waals surface area (Å²) in [5, 5.41) is 4.10. The van der Waals surface area contributed by atoms with Crippen molar-refractivity contribution >= 4 is 16.7 Å². The molecular formula is C8H16N4S. The van der Waals surface area contributed by atoms with Gasteiger partial charge in [-0.25, -0.2) is 4.98 Å². The fourth-order valence-electron chi connectivity index (χ4n) is 0.948. The quantitative estimate of drug-likeness (QED) is 0.678. The van der Waals surface area contributed by atoms with Crippen molar-refractivity contribution in [3.05, 3.63) is 5.82 Å². The second kappa shape index (κ2) is 5.88. The Kier molecular flexibility index (Phi) is 4.70. The minimum absolute atomic E-state index is 0.716. The van der Waals surface area contributed by atoms with E-state index in [0.717, 1.165) is 36.8 Å². The number of aromatic nitrogens is 2. The minimum Gasteiger partial charge on any atom is -0.360 e. The molecule has 1 aromatic rings. The molecule has 0 fully saturated rings. The van der Waals surface area contributed by atoms with E-state index in [2.05, 4.69) is 21.6 Å². The maximum Gasteiger partial charge on any atom is 0.202 e. The second-order valence-corrected chi connectivity index (χ2v) is 3.59. The van der Waals surface area contributed by atoms with Gasteiger partial charge in [-0.2, -0.15) is 4.37 Å². The third kappa shape index (κ3) is 3.69. The first-order valence-corrected chi connectivity index (χ1v) is 5.40. The number of nitrogens with zero attached hydrogens (tertiary/aromatic N) is 2. The van der Waals surface area contributed by atoms with Crippen molar-refractivity contribution in [1.82, 2.24) is 9.36 Å². The molecule has 4 nitrogen and oxygen atoms in total. The topological polar surface area (TPSA) is 63.8 Å². The predicted molar refractivity (Wildman–Crippen MR) is 56.1 cm³/mol. The number of nitrogens with one attached hydrogen (secondary N) is 1. The van der Waals surface area contributed by atoms with Gasteiger partial charge in [0.15, 0.2) is 0 Å². The lowest BCUT2D eigenvalue weighted by atomic mass is 10.3. The zero-order chi connectivity index (χ0) is 9.52. The van der Waals surface area contributed by atoms with E-state index < -0.39 is 0 Å². The molecule has 1 aromatic heterocycles. The number of nitrogens with two attached hydrogens (primary N) is 1. The van der Waals surface area contributed by atoms with Crippen LogP contribution in [0, 0.1) is 0 Å². The Morgan fingerprint density at radius 2 is 2.38 bits per heavy atom. The van der Waals surface area contributed by atoms with E-state index in [0.29, 0.717) is 6.54 Å². The van der Waals surface area contributed by atoms with Gasteiger partial charge in [0.25, 0.3) is 0 Å². The van der Waals surface area contributed by atoms with Gasteiger partial charge in [-0.05, 0) is 19.4 Å². The van der Waals surface area contributed by atoms with Crippen LogP contribution in [-0.4, -0.2) is 22.4 Å². The van der Waals surface area contributed by atoms with Crippen LogP contribution in [0.25, 0.3) is 0 Å². The Bertz CT molecular complexity index is 236. The van der Waals surface area contributed by atoms with Gasteiger partial charge in [-0.1, -0.05) is 6.92 Å². The molecule has 1 rings (SSSR count). The maximum absolute atomic E-state index is 5.37. The summed E-state index contributed by atoms with van der Waals surface area (Å²) in [6, 6.07) is 0. The molecule has 74 valence electrons. The third-order valence-electron chi connectivity index (χ3n) is 1.60. The lowest BCUT2D eigenvalue weighted by Gasteiger charge is -1.97. The number of hydrogen-bond acceptors (Lipinski definition) is 5. The van der Waals surface area contributed by atoms with Crippen LogP contribution in [0.4, 0.5) is 5.13 Å². The Hall–Kier alpha value is -0.680. The predicted octanol–water partition coefficient (Wildman–Crippen LogP) is 1.25. The molecule has 0 atom stereocenters. The van der Waals surface area contributed by atoms with Gasteiger partial charge in [-0.3, -0.25) is 0 Å². The summed E-state index contributed by atoms with van der Waals surface area (Å²) in [5.74, 6) is 0.947. The molecular weight excluding hydrogens is 184 g/mol. The van der Waals surface area contributed by atoms with Crippen molar-refractivity contribution in [2.75, 3.05) is 18.4 Å². The van der Waals surface area contributed by atoms with Crippen molar-refractivity contribution in [2.24, 2.45) is 5.73 Å². The first-order valence-electron chi connectivity index (χ1n) is 4.63. The molecule has 1 heterocycles. The van der Waals surface area contributed by atoms with E-state index in [1.807, 2.05) is 0 Å². The summed E-state index contributed by atoms with van der Waals surface area (Å²) < 4.78 is 4.22. The average Bonchev–Trinajstić information content (AvgIpc) is 2.54. The molecule has 0 aliphatic heterocycles. The number of anilines is 1. The van der Waals surface area contributed by atoms with Gasteiger partial charge in [0.05, 0.1) is 0 Å². The summed E-state index contributed by atoms with van der Waals surface area (Å²) in [5.41, 5.74) is 5.37. The van der Waals surface area contributed by atoms with Gasteiger partial charge >= 0.3 is 0 Å². The fourth-order valence-corrected chi connectivity index (χ4v) is 1.59. The highest BCUT2D eigenvalue weighted by atomic mass is 32.1. The molecule has 0 aromatic carbocycles. The van der Waals surface area contributed by atoms with E-state index in [1.54, 1.807) is 0 Å². The van der Waals surface area contributed by atoms with Crippen LogP contribution >= 0.6 is 11.5 Å². The molecule has 0 spiro atoms. The molecule has 0 unspecified atom stereocenters. The van der Waals surface area contributed by atoms with Crippen LogP contribution < -0.4 is 11.1 Å². The van der Waals surface area contributed by atoms with E-state index in [9.17, 15) is 0 Å². The Labute approximate surface area is 82.7 Å². The fraction of sp³-hybridized carbons (Fsp3) is 0.750. The number of rotatable bonds is 6. The van der Waals surface area contributed by atoms with Gasteiger partial charge in [0, 0.05) is 24.5 Å². The minimum atomic E-state index is 0.716. The molecule has 0 radical (unpaired) electrons. The molecule has 0 aliphatic rings. The number of hydrogen-bond donors (Lipinski definition) is 2. The van der Waals surface area contributed by atoms with Gasteiger partial charge in [0.2, 0.25) is 5.13 Å². The Balaban J connectivity index is 2.31. The van der Waals surface area contributed by atoms with Crippen molar-refractivity contribution in [3.63, 3.8) is 0 Å². The highest BCUT2D eigenvalue weighted by molar-refractivity contribution is 7.09. The average molecular weight is 200 g/mol. The Morgan fingerprint density at radius 1 is 1.54 bits per heavy atom. The molecule has 0 amide bonds. The lowest BCUT2D eigenvalue weighted by Crippen LogP contribution is -2.08. The summed E-state index contributed by atoms with van der Waals surface area (Å²) in [6.45, 7) is 3.73. The molecule has 0 saturated carbocycles. The van der Waals surface area contributed by atoms with Crippen molar-refractivity contribution in [3.8, 4) is 0 Å². The molecule has 0 bridgehead atoms. The summed E-state index contributed by atoms with van der Waals surface area (Å²) in [7, 11) is 0. The third-order valence-corrected chi connectivity index (χ3v) is 2.31. The summed E-state index contributed by atoms with van der Waals surface area (Å²) in [6.07, 6.45) is 3.04. The molecule has 3 N–H and O–H groups in total. The van der Waals surface area contributed by atoms with E-state index in [1.165, 1.54) is 11.5 Å². The highest BCUT2D eigenvalue weighted by Gasteiger charge is 2.00. The normalized spacial score (nSPS) is 10.3. The highest BCUT2D eigenvalue weighted by Crippen LogP contribution is 2.11. The monoisotopic (exact) mass is 200 g/mol. The largest absolute Gasteiger partial charge is 0.360 e. The van der Waals surface area contributed by atoms with E-state index in [4.69, 9.17) is 5.73 Å². The van der Waals surface area contributed by atoms with Crippen LogP contribution in [-0.2, 0) is 6.42 Å². The number of aryl methyl sites for hydroxylation is 1. The zero-order valence-electron chi connectivity index (χ0n) is 7.92. The van der Waals surface area contributed by atoms with Gasteiger partial charge < -0.3 is 11.1 Å². The molecule has 13 heavy (non-hydrogen) atoms. The maximum atomic E-state index is 5.37. The lowest BCUT2D eigenvalue weighted by molar-refractivity contribution is 0.852. The van der Waals surface area contributed by atoms with Gasteiger partial charge in [-0.15, -0.1) is 0 Å². The summed E-state index contributed by atoms with van der Waals surface area (Å²) >= 11 is 1.43. The first-order chi connectivity index (χ1) is 6.36.